The summed E-state index contributed by atoms with van der Waals surface area (Å²) in [6.07, 6.45) is 4.66. The van der Waals surface area contributed by atoms with Crippen LogP contribution in [-0.2, 0) is 20.0 Å². The standard InChI is InChI=1S/C13H16N6O/c1-18-8-9(7-15-18)5-6-19-12-10(16-13(19)14)3-4-11(17-12)20-2/h3-4,7-8H,5-6H2,1-2H3,(H2,14,16). The van der Waals surface area contributed by atoms with Crippen LogP contribution < -0.4 is 10.5 Å². The Morgan fingerprint density at radius 3 is 2.85 bits per heavy atom. The van der Waals surface area contributed by atoms with Crippen LogP contribution in [0.5, 0.6) is 5.88 Å². The second-order valence-electron chi connectivity index (χ2n) is 4.59. The number of aryl methyl sites for hydroxylation is 3. The van der Waals surface area contributed by atoms with Gasteiger partial charge in [0.1, 0.15) is 5.52 Å². The van der Waals surface area contributed by atoms with Crippen LogP contribution in [0.4, 0.5) is 5.95 Å². The first-order valence-corrected chi connectivity index (χ1v) is 6.31. The number of nitrogens with two attached hydrogens (primary N) is 1. The predicted octanol–water partition coefficient (Wildman–Crippen LogP) is 0.998. The number of methoxy groups -OCH3 is 1. The minimum atomic E-state index is 0.463. The third-order valence-electron chi connectivity index (χ3n) is 3.19. The highest BCUT2D eigenvalue weighted by atomic mass is 16.5. The Morgan fingerprint density at radius 2 is 2.15 bits per heavy atom. The summed E-state index contributed by atoms with van der Waals surface area (Å²) < 4.78 is 8.82. The fourth-order valence-electron chi connectivity index (χ4n) is 2.18. The molecule has 20 heavy (non-hydrogen) atoms. The molecule has 0 fully saturated rings. The van der Waals surface area contributed by atoms with Crippen molar-refractivity contribution in [3.8, 4) is 5.88 Å². The van der Waals surface area contributed by atoms with Crippen molar-refractivity contribution in [2.24, 2.45) is 7.05 Å². The molecule has 7 heteroatoms. The third-order valence-corrected chi connectivity index (χ3v) is 3.19. The summed E-state index contributed by atoms with van der Waals surface area (Å²) in [5, 5.41) is 4.15. The quantitative estimate of drug-likeness (QED) is 0.766. The molecule has 0 bridgehead atoms. The molecule has 0 aliphatic carbocycles. The molecule has 0 saturated heterocycles. The van der Waals surface area contributed by atoms with Gasteiger partial charge in [-0.15, -0.1) is 0 Å². The lowest BCUT2D eigenvalue weighted by molar-refractivity contribution is 0.399. The van der Waals surface area contributed by atoms with E-state index in [1.165, 1.54) is 0 Å². The Kier molecular flexibility index (Phi) is 3.02. The lowest BCUT2D eigenvalue weighted by Crippen LogP contribution is -2.06. The van der Waals surface area contributed by atoms with Crippen LogP contribution in [0.2, 0.25) is 0 Å². The van der Waals surface area contributed by atoms with Crippen LogP contribution in [0, 0.1) is 0 Å². The fraction of sp³-hybridized carbons (Fsp3) is 0.308. The molecule has 3 aromatic heterocycles. The summed E-state index contributed by atoms with van der Waals surface area (Å²) >= 11 is 0. The Hall–Kier alpha value is -2.57. The maximum absolute atomic E-state index is 5.96. The second-order valence-corrected chi connectivity index (χ2v) is 4.59. The number of hydrogen-bond donors (Lipinski definition) is 1. The number of rotatable bonds is 4. The number of ether oxygens (including phenoxy) is 1. The largest absolute Gasteiger partial charge is 0.481 e. The Bertz CT molecular complexity index is 744. The Balaban J connectivity index is 1.91. The molecular formula is C13H16N6O. The van der Waals surface area contributed by atoms with Gasteiger partial charge in [0, 0.05) is 25.9 Å². The van der Waals surface area contributed by atoms with Gasteiger partial charge in [0.25, 0.3) is 0 Å². The zero-order valence-corrected chi connectivity index (χ0v) is 11.4. The summed E-state index contributed by atoms with van der Waals surface area (Å²) in [5.74, 6) is 1.02. The molecule has 0 aliphatic heterocycles. The summed E-state index contributed by atoms with van der Waals surface area (Å²) in [4.78, 5) is 8.72. The molecule has 0 radical (unpaired) electrons. The van der Waals surface area contributed by atoms with Gasteiger partial charge >= 0.3 is 0 Å². The fourth-order valence-corrected chi connectivity index (χ4v) is 2.18. The summed E-state index contributed by atoms with van der Waals surface area (Å²) in [7, 11) is 3.49. The van der Waals surface area contributed by atoms with E-state index in [-0.39, 0.29) is 0 Å². The van der Waals surface area contributed by atoms with E-state index < -0.39 is 0 Å². The maximum atomic E-state index is 5.96. The minimum absolute atomic E-state index is 0.463. The molecule has 0 aromatic carbocycles. The van der Waals surface area contributed by atoms with Gasteiger partial charge in [0.05, 0.1) is 13.3 Å². The number of fused-ring (bicyclic) bond motifs is 1. The summed E-state index contributed by atoms with van der Waals surface area (Å²) in [6, 6.07) is 3.64. The van der Waals surface area contributed by atoms with Crippen LogP contribution >= 0.6 is 0 Å². The number of hydrogen-bond acceptors (Lipinski definition) is 5. The average molecular weight is 272 g/mol. The van der Waals surface area contributed by atoms with Crippen LogP contribution in [0.15, 0.2) is 24.5 Å². The van der Waals surface area contributed by atoms with Gasteiger partial charge < -0.3 is 10.5 Å². The van der Waals surface area contributed by atoms with E-state index in [2.05, 4.69) is 15.1 Å². The van der Waals surface area contributed by atoms with Crippen molar-refractivity contribution in [1.82, 2.24) is 24.3 Å². The lowest BCUT2D eigenvalue weighted by atomic mass is 10.2. The zero-order valence-electron chi connectivity index (χ0n) is 11.4. The summed E-state index contributed by atoms with van der Waals surface area (Å²) in [6.45, 7) is 0.703. The Morgan fingerprint density at radius 1 is 1.30 bits per heavy atom. The highest BCUT2D eigenvalue weighted by Gasteiger charge is 2.11. The van der Waals surface area contributed by atoms with Gasteiger partial charge in [-0.05, 0) is 18.1 Å². The van der Waals surface area contributed by atoms with Gasteiger partial charge in [-0.2, -0.15) is 10.1 Å². The SMILES string of the molecule is COc1ccc2nc(N)n(CCc3cnn(C)c3)c2n1. The highest BCUT2D eigenvalue weighted by molar-refractivity contribution is 5.74. The molecule has 104 valence electrons. The number of nitrogens with zero attached hydrogens (tertiary/aromatic N) is 5. The lowest BCUT2D eigenvalue weighted by Gasteiger charge is -2.05. The van der Waals surface area contributed by atoms with Crippen molar-refractivity contribution in [2.45, 2.75) is 13.0 Å². The predicted molar refractivity (Wildman–Crippen MR) is 75.4 cm³/mol. The van der Waals surface area contributed by atoms with Crippen molar-refractivity contribution < 1.29 is 4.74 Å². The maximum Gasteiger partial charge on any atom is 0.215 e. The van der Waals surface area contributed by atoms with E-state index in [1.807, 2.05) is 30.1 Å². The van der Waals surface area contributed by atoms with Crippen molar-refractivity contribution in [1.29, 1.82) is 0 Å². The Labute approximate surface area is 116 Å². The summed E-state index contributed by atoms with van der Waals surface area (Å²) in [5.41, 5.74) is 8.63. The van der Waals surface area contributed by atoms with Gasteiger partial charge in [0.2, 0.25) is 11.8 Å². The van der Waals surface area contributed by atoms with Crippen molar-refractivity contribution in [3.63, 3.8) is 0 Å². The minimum Gasteiger partial charge on any atom is -0.481 e. The second kappa shape index (κ2) is 4.84. The molecule has 0 saturated carbocycles. The van der Waals surface area contributed by atoms with Crippen LogP contribution in [0.25, 0.3) is 11.2 Å². The molecule has 0 spiro atoms. The number of aromatic nitrogens is 5. The van der Waals surface area contributed by atoms with E-state index in [9.17, 15) is 0 Å². The molecule has 0 aliphatic rings. The molecular weight excluding hydrogens is 256 g/mol. The van der Waals surface area contributed by atoms with Crippen LogP contribution in [0.3, 0.4) is 0 Å². The van der Waals surface area contributed by atoms with E-state index in [4.69, 9.17) is 10.5 Å². The molecule has 0 amide bonds. The topological polar surface area (TPSA) is 83.8 Å². The normalized spacial score (nSPS) is 11.1. The van der Waals surface area contributed by atoms with E-state index >= 15 is 0 Å². The third kappa shape index (κ3) is 2.18. The molecule has 7 nitrogen and oxygen atoms in total. The van der Waals surface area contributed by atoms with Gasteiger partial charge in [-0.25, -0.2) is 4.98 Å². The molecule has 0 unspecified atom stereocenters. The first-order chi connectivity index (χ1) is 9.67. The average Bonchev–Trinajstić information content (AvgIpc) is 2.98. The van der Waals surface area contributed by atoms with E-state index in [0.29, 0.717) is 18.4 Å². The number of nitrogen functional groups attached to an aromatic ring is 1. The van der Waals surface area contributed by atoms with Gasteiger partial charge in [-0.3, -0.25) is 9.25 Å². The number of imidazole rings is 1. The van der Waals surface area contributed by atoms with E-state index in [1.54, 1.807) is 17.9 Å². The van der Waals surface area contributed by atoms with Crippen molar-refractivity contribution >= 4 is 17.1 Å². The number of pyridine rings is 1. The van der Waals surface area contributed by atoms with Crippen LogP contribution in [0.1, 0.15) is 5.56 Å². The first kappa shape index (κ1) is 12.5. The molecule has 3 rings (SSSR count). The first-order valence-electron chi connectivity index (χ1n) is 6.31. The van der Waals surface area contributed by atoms with Crippen molar-refractivity contribution in [2.75, 3.05) is 12.8 Å². The monoisotopic (exact) mass is 272 g/mol. The number of anilines is 1. The smallest absolute Gasteiger partial charge is 0.215 e. The molecule has 3 aromatic rings. The van der Waals surface area contributed by atoms with Crippen molar-refractivity contribution in [3.05, 3.63) is 30.1 Å². The van der Waals surface area contributed by atoms with Crippen LogP contribution in [-0.4, -0.2) is 31.4 Å². The van der Waals surface area contributed by atoms with Gasteiger partial charge in [-0.1, -0.05) is 0 Å². The molecule has 2 N–H and O–H groups in total. The highest BCUT2D eigenvalue weighted by Crippen LogP contribution is 2.19. The van der Waals surface area contributed by atoms with E-state index in [0.717, 1.165) is 23.1 Å². The molecule has 3 heterocycles. The zero-order chi connectivity index (χ0) is 14.1. The molecule has 0 atom stereocenters. The van der Waals surface area contributed by atoms with Gasteiger partial charge in [0.15, 0.2) is 5.65 Å².